The number of hydrogen-bond donors (Lipinski definition) is 1. The van der Waals surface area contributed by atoms with Gasteiger partial charge in [-0.15, -0.1) is 11.3 Å². The van der Waals surface area contributed by atoms with Crippen LogP contribution in [0.5, 0.6) is 0 Å². The van der Waals surface area contributed by atoms with Gasteiger partial charge in [0.1, 0.15) is 4.21 Å². The van der Waals surface area contributed by atoms with E-state index in [2.05, 4.69) is 9.46 Å². The molecule has 0 atom stereocenters. The molecule has 0 saturated carbocycles. The Kier molecular flexibility index (Phi) is 4.76. The number of carbonyl (C=O) groups excluding carboxylic acids is 1. The van der Waals surface area contributed by atoms with E-state index >= 15 is 0 Å². The highest BCUT2D eigenvalue weighted by Crippen LogP contribution is 2.20. The zero-order valence-corrected chi connectivity index (χ0v) is 13.3. The van der Waals surface area contributed by atoms with Gasteiger partial charge in [-0.3, -0.25) is 0 Å². The molecule has 0 aliphatic heterocycles. The minimum atomic E-state index is -3.49. The summed E-state index contributed by atoms with van der Waals surface area (Å²) in [6.45, 7) is 2.02. The molecule has 0 unspecified atom stereocenters. The molecule has 0 spiro atoms. The molecule has 0 aliphatic rings. The fourth-order valence-corrected chi connectivity index (χ4v) is 4.03. The number of nitrogens with one attached hydrogen (secondary N) is 1. The highest BCUT2D eigenvalue weighted by Gasteiger charge is 2.15. The van der Waals surface area contributed by atoms with Crippen molar-refractivity contribution < 1.29 is 17.9 Å². The molecule has 0 radical (unpaired) electrons. The normalized spacial score (nSPS) is 11.3. The molecule has 0 fully saturated rings. The summed E-state index contributed by atoms with van der Waals surface area (Å²) in [5, 5.41) is 0. The summed E-state index contributed by atoms with van der Waals surface area (Å²) < 4.78 is 31.6. The lowest BCUT2D eigenvalue weighted by molar-refractivity contribution is 0.0600. The maximum absolute atomic E-state index is 12.1. The second-order valence-electron chi connectivity index (χ2n) is 4.38. The quantitative estimate of drug-likeness (QED) is 0.856. The van der Waals surface area contributed by atoms with Gasteiger partial charge in [-0.1, -0.05) is 12.1 Å². The Hall–Kier alpha value is -1.70. The second kappa shape index (κ2) is 6.38. The van der Waals surface area contributed by atoms with Crippen molar-refractivity contribution in [3.63, 3.8) is 0 Å². The van der Waals surface area contributed by atoms with Crippen molar-refractivity contribution >= 4 is 27.3 Å². The van der Waals surface area contributed by atoms with Crippen molar-refractivity contribution in [1.82, 2.24) is 4.72 Å². The van der Waals surface area contributed by atoms with Crippen LogP contribution < -0.4 is 4.72 Å². The van der Waals surface area contributed by atoms with Crippen LogP contribution in [0, 0.1) is 6.92 Å². The lowest BCUT2D eigenvalue weighted by Gasteiger charge is -2.06. The minimum absolute atomic E-state index is 0.167. The maximum atomic E-state index is 12.1. The van der Waals surface area contributed by atoms with Gasteiger partial charge >= 0.3 is 5.97 Å². The molecule has 1 heterocycles. The SMILES string of the molecule is COC(=O)c1ccc(CNS(=O)(=O)c2ccc(C)s2)cc1. The number of methoxy groups -OCH3 is 1. The molecular weight excluding hydrogens is 310 g/mol. The van der Waals surface area contributed by atoms with Crippen LogP contribution in [0.4, 0.5) is 0 Å². The highest BCUT2D eigenvalue weighted by atomic mass is 32.2. The van der Waals surface area contributed by atoms with Gasteiger partial charge in [-0.25, -0.2) is 17.9 Å². The van der Waals surface area contributed by atoms with Gasteiger partial charge < -0.3 is 4.74 Å². The molecule has 7 heteroatoms. The zero-order valence-electron chi connectivity index (χ0n) is 11.6. The minimum Gasteiger partial charge on any atom is -0.465 e. The van der Waals surface area contributed by atoms with Crippen LogP contribution in [0.2, 0.25) is 0 Å². The third-order valence-corrected chi connectivity index (χ3v) is 5.72. The fraction of sp³-hybridized carbons (Fsp3) is 0.214. The first-order valence-electron chi connectivity index (χ1n) is 6.16. The van der Waals surface area contributed by atoms with E-state index in [-0.39, 0.29) is 6.54 Å². The highest BCUT2D eigenvalue weighted by molar-refractivity contribution is 7.91. The molecule has 0 amide bonds. The number of sulfonamides is 1. The Morgan fingerprint density at radius 2 is 1.86 bits per heavy atom. The van der Waals surface area contributed by atoms with Crippen molar-refractivity contribution in [3.05, 3.63) is 52.4 Å². The summed E-state index contributed by atoms with van der Waals surface area (Å²) >= 11 is 1.23. The molecule has 21 heavy (non-hydrogen) atoms. The lowest BCUT2D eigenvalue weighted by atomic mass is 10.1. The number of benzene rings is 1. The van der Waals surface area contributed by atoms with Gasteiger partial charge in [-0.05, 0) is 36.8 Å². The van der Waals surface area contributed by atoms with E-state index in [0.717, 1.165) is 10.4 Å². The average Bonchev–Trinajstić information content (AvgIpc) is 2.92. The fourth-order valence-electron chi connectivity index (χ4n) is 1.68. The van der Waals surface area contributed by atoms with Crippen molar-refractivity contribution in [3.8, 4) is 0 Å². The third-order valence-electron chi connectivity index (χ3n) is 2.82. The molecule has 0 bridgehead atoms. The standard InChI is InChI=1S/C14H15NO4S2/c1-10-3-8-13(20-10)21(17,18)15-9-11-4-6-12(7-5-11)14(16)19-2/h3-8,15H,9H2,1-2H3. The smallest absolute Gasteiger partial charge is 0.337 e. The molecule has 0 aliphatic carbocycles. The van der Waals surface area contributed by atoms with Gasteiger partial charge in [-0.2, -0.15) is 0 Å². The number of thiophene rings is 1. The van der Waals surface area contributed by atoms with Gasteiger partial charge in [0.05, 0.1) is 12.7 Å². The van der Waals surface area contributed by atoms with E-state index in [1.807, 2.05) is 6.92 Å². The monoisotopic (exact) mass is 325 g/mol. The number of esters is 1. The van der Waals surface area contributed by atoms with Crippen LogP contribution in [0.3, 0.4) is 0 Å². The summed E-state index contributed by atoms with van der Waals surface area (Å²) in [6, 6.07) is 9.94. The Morgan fingerprint density at radius 1 is 1.19 bits per heavy atom. The topological polar surface area (TPSA) is 72.5 Å². The molecule has 1 aromatic heterocycles. The van der Waals surface area contributed by atoms with Gasteiger partial charge in [0.25, 0.3) is 0 Å². The van der Waals surface area contributed by atoms with E-state index in [9.17, 15) is 13.2 Å². The summed E-state index contributed by atoms with van der Waals surface area (Å²) in [6.07, 6.45) is 0. The van der Waals surface area contributed by atoms with Crippen molar-refractivity contribution in [1.29, 1.82) is 0 Å². The van der Waals surface area contributed by atoms with Crippen LogP contribution in [0.1, 0.15) is 20.8 Å². The number of ether oxygens (including phenoxy) is 1. The average molecular weight is 325 g/mol. The van der Waals surface area contributed by atoms with E-state index in [1.165, 1.54) is 18.4 Å². The van der Waals surface area contributed by atoms with Gasteiger partial charge in [0, 0.05) is 11.4 Å². The number of aryl methyl sites for hydroxylation is 1. The number of hydrogen-bond acceptors (Lipinski definition) is 5. The van der Waals surface area contributed by atoms with Crippen molar-refractivity contribution in [2.45, 2.75) is 17.7 Å². The predicted molar refractivity (Wildman–Crippen MR) is 80.9 cm³/mol. The molecule has 2 rings (SSSR count). The molecule has 1 N–H and O–H groups in total. The molecule has 2 aromatic rings. The Balaban J connectivity index is 2.04. The second-order valence-corrected chi connectivity index (χ2v) is 7.66. The van der Waals surface area contributed by atoms with Crippen LogP contribution in [-0.2, 0) is 21.3 Å². The van der Waals surface area contributed by atoms with E-state index in [4.69, 9.17) is 0 Å². The summed E-state index contributed by atoms with van der Waals surface area (Å²) in [7, 11) is -2.18. The molecule has 5 nitrogen and oxygen atoms in total. The first-order valence-corrected chi connectivity index (χ1v) is 8.46. The first-order chi connectivity index (χ1) is 9.92. The van der Waals surface area contributed by atoms with Gasteiger partial charge in [0.2, 0.25) is 10.0 Å². The van der Waals surface area contributed by atoms with Crippen LogP contribution >= 0.6 is 11.3 Å². The lowest BCUT2D eigenvalue weighted by Crippen LogP contribution is -2.22. The summed E-state index contributed by atoms with van der Waals surface area (Å²) in [4.78, 5) is 12.2. The number of rotatable bonds is 5. The largest absolute Gasteiger partial charge is 0.465 e. The maximum Gasteiger partial charge on any atom is 0.337 e. The van der Waals surface area contributed by atoms with Crippen LogP contribution in [0.25, 0.3) is 0 Å². The molecule has 1 aromatic carbocycles. The molecule has 0 saturated heterocycles. The van der Waals surface area contributed by atoms with Gasteiger partial charge in [0.15, 0.2) is 0 Å². The summed E-state index contributed by atoms with van der Waals surface area (Å²) in [5.74, 6) is -0.420. The van der Waals surface area contributed by atoms with E-state index in [1.54, 1.807) is 36.4 Å². The van der Waals surface area contributed by atoms with Crippen LogP contribution in [-0.4, -0.2) is 21.5 Å². The van der Waals surface area contributed by atoms with E-state index in [0.29, 0.717) is 9.77 Å². The molecule has 112 valence electrons. The summed E-state index contributed by atoms with van der Waals surface area (Å²) in [5.41, 5.74) is 1.19. The van der Waals surface area contributed by atoms with Crippen molar-refractivity contribution in [2.24, 2.45) is 0 Å². The third kappa shape index (κ3) is 3.90. The van der Waals surface area contributed by atoms with Crippen molar-refractivity contribution in [2.75, 3.05) is 7.11 Å². The number of carbonyl (C=O) groups is 1. The Bertz CT molecular complexity index is 733. The van der Waals surface area contributed by atoms with E-state index < -0.39 is 16.0 Å². The zero-order chi connectivity index (χ0) is 15.5. The first kappa shape index (κ1) is 15.7. The predicted octanol–water partition coefficient (Wildman–Crippen LogP) is 2.32. The molecular formula is C14H15NO4S2. The Morgan fingerprint density at radius 3 is 2.38 bits per heavy atom. The Labute approximate surface area is 127 Å². The van der Waals surface area contributed by atoms with Crippen LogP contribution in [0.15, 0.2) is 40.6 Å².